The molecule has 0 unspecified atom stereocenters. The Morgan fingerprint density at radius 3 is 2.55 bits per heavy atom. The lowest BCUT2D eigenvalue weighted by molar-refractivity contribution is 0.0956. The largest absolute Gasteiger partial charge is 0.454 e. The Morgan fingerprint density at radius 2 is 1.74 bits per heavy atom. The van der Waals surface area contributed by atoms with Crippen LogP contribution in [-0.4, -0.2) is 27.3 Å². The van der Waals surface area contributed by atoms with Gasteiger partial charge in [0.1, 0.15) is 0 Å². The number of ether oxygens (including phenoxy) is 2. The summed E-state index contributed by atoms with van der Waals surface area (Å²) in [5, 5.41) is 4.35. The van der Waals surface area contributed by atoms with Crippen LogP contribution in [0.25, 0.3) is 0 Å². The molecule has 0 atom stereocenters. The van der Waals surface area contributed by atoms with E-state index in [0.717, 1.165) is 0 Å². The number of hydrogen-bond acceptors (Lipinski definition) is 6. The Bertz CT molecular complexity index is 1260. The van der Waals surface area contributed by atoms with Gasteiger partial charge in [-0.3, -0.25) is 9.52 Å². The lowest BCUT2D eigenvalue weighted by Gasteiger charge is -2.11. The molecule has 31 heavy (non-hydrogen) atoms. The number of anilines is 1. The highest BCUT2D eigenvalue weighted by Gasteiger charge is 2.18. The Hall–Kier alpha value is -3.56. The van der Waals surface area contributed by atoms with Crippen LogP contribution in [0.15, 0.2) is 76.7 Å². The van der Waals surface area contributed by atoms with Crippen molar-refractivity contribution in [2.45, 2.75) is 4.90 Å². The number of amides is 1. The van der Waals surface area contributed by atoms with E-state index in [-0.39, 0.29) is 22.9 Å². The van der Waals surface area contributed by atoms with Gasteiger partial charge in [0, 0.05) is 5.02 Å². The Balaban J connectivity index is 1.48. The van der Waals surface area contributed by atoms with Crippen LogP contribution >= 0.6 is 11.6 Å². The first-order valence-corrected chi connectivity index (χ1v) is 10.9. The summed E-state index contributed by atoms with van der Waals surface area (Å²) in [7, 11) is -3.91. The van der Waals surface area contributed by atoms with E-state index in [0.29, 0.717) is 22.1 Å². The molecule has 0 saturated heterocycles. The van der Waals surface area contributed by atoms with E-state index in [2.05, 4.69) is 15.2 Å². The number of fused-ring (bicyclic) bond motifs is 1. The van der Waals surface area contributed by atoms with E-state index in [1.54, 1.807) is 30.3 Å². The van der Waals surface area contributed by atoms with Crippen LogP contribution in [-0.2, 0) is 10.0 Å². The molecule has 0 bridgehead atoms. The maximum Gasteiger partial charge on any atom is 0.273 e. The summed E-state index contributed by atoms with van der Waals surface area (Å²) < 4.78 is 38.3. The number of nitrogens with one attached hydrogen (secondary N) is 2. The number of rotatable bonds is 6. The van der Waals surface area contributed by atoms with Crippen LogP contribution in [0.5, 0.6) is 11.5 Å². The summed E-state index contributed by atoms with van der Waals surface area (Å²) in [5.41, 5.74) is 3.32. The summed E-state index contributed by atoms with van der Waals surface area (Å²) in [6.07, 6.45) is 1.44. The van der Waals surface area contributed by atoms with Crippen LogP contribution in [0.4, 0.5) is 5.69 Å². The fourth-order valence-electron chi connectivity index (χ4n) is 2.81. The van der Waals surface area contributed by atoms with Crippen molar-refractivity contribution in [2.24, 2.45) is 5.10 Å². The molecule has 1 aliphatic heterocycles. The van der Waals surface area contributed by atoms with E-state index < -0.39 is 15.9 Å². The highest BCUT2D eigenvalue weighted by Crippen LogP contribution is 2.32. The molecule has 4 rings (SSSR count). The van der Waals surface area contributed by atoms with Crippen LogP contribution in [0.3, 0.4) is 0 Å². The number of hydrazone groups is 1. The third-order valence-corrected chi connectivity index (χ3v) is 5.95. The predicted octanol–water partition coefficient (Wildman–Crippen LogP) is 3.63. The van der Waals surface area contributed by atoms with Crippen molar-refractivity contribution >= 4 is 39.4 Å². The number of para-hydroxylation sites is 1. The zero-order chi connectivity index (χ0) is 21.8. The number of sulfonamides is 1. The molecule has 0 spiro atoms. The molecule has 0 aliphatic carbocycles. The van der Waals surface area contributed by atoms with Crippen molar-refractivity contribution in [3.8, 4) is 11.5 Å². The molecule has 0 radical (unpaired) electrons. The van der Waals surface area contributed by atoms with Crippen molar-refractivity contribution in [3.63, 3.8) is 0 Å². The molecular formula is C21H16ClN3O5S. The quantitative estimate of drug-likeness (QED) is 0.434. The molecule has 3 aromatic carbocycles. The van der Waals surface area contributed by atoms with E-state index in [4.69, 9.17) is 21.1 Å². The average Bonchev–Trinajstić information content (AvgIpc) is 3.22. The Kier molecular flexibility index (Phi) is 5.79. The monoisotopic (exact) mass is 457 g/mol. The van der Waals surface area contributed by atoms with Gasteiger partial charge in [-0.2, -0.15) is 5.10 Å². The second-order valence-corrected chi connectivity index (χ2v) is 8.54. The Morgan fingerprint density at radius 1 is 1.00 bits per heavy atom. The zero-order valence-electron chi connectivity index (χ0n) is 15.9. The standard InChI is InChI=1S/C21H16ClN3O5S/c22-15-6-8-16(9-7-15)31(27,28)25-18-4-2-1-3-17(18)21(26)24-23-12-14-5-10-19-20(11-14)30-13-29-19/h1-12,25H,13H2,(H,24,26)/b23-12+. The molecule has 10 heteroatoms. The molecule has 0 aromatic heterocycles. The molecule has 1 amide bonds. The fraction of sp³-hybridized carbons (Fsp3) is 0.0476. The third kappa shape index (κ3) is 4.79. The number of halogens is 1. The van der Waals surface area contributed by atoms with Crippen molar-refractivity contribution in [1.82, 2.24) is 5.43 Å². The summed E-state index contributed by atoms with van der Waals surface area (Å²) in [5.74, 6) is 0.659. The summed E-state index contributed by atoms with van der Waals surface area (Å²) in [6.45, 7) is 0.162. The molecule has 3 aromatic rings. The minimum atomic E-state index is -3.91. The summed E-state index contributed by atoms with van der Waals surface area (Å²) >= 11 is 5.81. The maximum absolute atomic E-state index is 12.6. The van der Waals surface area contributed by atoms with Crippen LogP contribution in [0.1, 0.15) is 15.9 Å². The first-order valence-electron chi connectivity index (χ1n) is 9.03. The predicted molar refractivity (Wildman–Crippen MR) is 116 cm³/mol. The van der Waals surface area contributed by atoms with Gasteiger partial charge in [-0.1, -0.05) is 23.7 Å². The third-order valence-electron chi connectivity index (χ3n) is 4.32. The van der Waals surface area contributed by atoms with Gasteiger partial charge < -0.3 is 9.47 Å². The fourth-order valence-corrected chi connectivity index (χ4v) is 4.01. The smallest absolute Gasteiger partial charge is 0.273 e. The highest BCUT2D eigenvalue weighted by molar-refractivity contribution is 7.92. The number of hydrogen-bond donors (Lipinski definition) is 2. The number of nitrogens with zero attached hydrogens (tertiary/aromatic N) is 1. The molecule has 1 aliphatic rings. The Labute approximate surface area is 183 Å². The second kappa shape index (κ2) is 8.66. The van der Waals surface area contributed by atoms with Crippen molar-refractivity contribution in [1.29, 1.82) is 0 Å². The lowest BCUT2D eigenvalue weighted by atomic mass is 10.2. The topological polar surface area (TPSA) is 106 Å². The summed E-state index contributed by atoms with van der Waals surface area (Å²) in [6, 6.07) is 17.2. The van der Waals surface area contributed by atoms with E-state index in [1.165, 1.54) is 42.6 Å². The first kappa shape index (κ1) is 20.7. The molecular weight excluding hydrogens is 442 g/mol. The summed E-state index contributed by atoms with van der Waals surface area (Å²) in [4.78, 5) is 12.6. The van der Waals surface area contributed by atoms with Crippen molar-refractivity contribution < 1.29 is 22.7 Å². The van der Waals surface area contributed by atoms with E-state index in [9.17, 15) is 13.2 Å². The van der Waals surface area contributed by atoms with Gasteiger partial charge in [0.05, 0.1) is 22.4 Å². The maximum atomic E-state index is 12.6. The van der Waals surface area contributed by atoms with Crippen molar-refractivity contribution in [2.75, 3.05) is 11.5 Å². The van der Waals surface area contributed by atoms with Crippen LogP contribution in [0, 0.1) is 0 Å². The van der Waals surface area contributed by atoms with Gasteiger partial charge in [0.2, 0.25) is 6.79 Å². The molecule has 2 N–H and O–H groups in total. The minimum absolute atomic E-state index is 0.0212. The van der Waals surface area contributed by atoms with Crippen LogP contribution in [0.2, 0.25) is 5.02 Å². The minimum Gasteiger partial charge on any atom is -0.454 e. The molecule has 8 nitrogen and oxygen atoms in total. The molecule has 158 valence electrons. The highest BCUT2D eigenvalue weighted by atomic mass is 35.5. The van der Waals surface area contributed by atoms with Gasteiger partial charge in [0.15, 0.2) is 11.5 Å². The normalized spacial score (nSPS) is 12.7. The van der Waals surface area contributed by atoms with Crippen LogP contribution < -0.4 is 19.6 Å². The lowest BCUT2D eigenvalue weighted by Crippen LogP contribution is -2.21. The first-order chi connectivity index (χ1) is 14.9. The molecule has 0 saturated carbocycles. The number of carbonyl (C=O) groups excluding carboxylic acids is 1. The van der Waals surface area contributed by atoms with E-state index >= 15 is 0 Å². The molecule has 0 fully saturated rings. The number of carbonyl (C=O) groups is 1. The second-order valence-electron chi connectivity index (χ2n) is 6.42. The van der Waals surface area contributed by atoms with Gasteiger partial charge >= 0.3 is 0 Å². The zero-order valence-corrected chi connectivity index (χ0v) is 17.5. The van der Waals surface area contributed by atoms with Gasteiger partial charge in [-0.15, -0.1) is 0 Å². The van der Waals surface area contributed by atoms with Crippen molar-refractivity contribution in [3.05, 3.63) is 82.9 Å². The average molecular weight is 458 g/mol. The van der Waals surface area contributed by atoms with Gasteiger partial charge in [-0.25, -0.2) is 13.8 Å². The van der Waals surface area contributed by atoms with Gasteiger partial charge in [-0.05, 0) is 60.2 Å². The molecule has 1 heterocycles. The van der Waals surface area contributed by atoms with E-state index in [1.807, 2.05) is 0 Å². The SMILES string of the molecule is O=C(N/N=C/c1ccc2c(c1)OCO2)c1ccccc1NS(=O)(=O)c1ccc(Cl)cc1. The van der Waals surface area contributed by atoms with Gasteiger partial charge in [0.25, 0.3) is 15.9 Å². The number of benzene rings is 3.